The van der Waals surface area contributed by atoms with Crippen molar-refractivity contribution in [3.63, 3.8) is 0 Å². The van der Waals surface area contributed by atoms with Gasteiger partial charge < -0.3 is 4.74 Å². The van der Waals surface area contributed by atoms with Crippen LogP contribution in [0.1, 0.15) is 56.9 Å². The number of benzene rings is 1. The number of carbonyl (C=O) groups is 1. The zero-order valence-electron chi connectivity index (χ0n) is 14.9. The number of rotatable bonds is 5. The first kappa shape index (κ1) is 17.3. The zero-order valence-corrected chi connectivity index (χ0v) is 14.9. The monoisotopic (exact) mass is 314 g/mol. The van der Waals surface area contributed by atoms with Gasteiger partial charge in [-0.3, -0.25) is 4.79 Å². The maximum absolute atomic E-state index is 12.1. The van der Waals surface area contributed by atoms with Gasteiger partial charge in [-0.05, 0) is 37.3 Å². The van der Waals surface area contributed by atoms with E-state index in [-0.39, 0.29) is 17.8 Å². The topological polar surface area (TPSA) is 44.1 Å². The number of esters is 1. The third kappa shape index (κ3) is 4.21. The van der Waals surface area contributed by atoms with E-state index < -0.39 is 0 Å². The number of nitrogens with zero attached hydrogens (tertiary/aromatic N) is 2. The summed E-state index contributed by atoms with van der Waals surface area (Å²) >= 11 is 0. The molecule has 23 heavy (non-hydrogen) atoms. The predicted octanol–water partition coefficient (Wildman–Crippen LogP) is 4.56. The molecule has 0 N–H and O–H groups in total. The summed E-state index contributed by atoms with van der Waals surface area (Å²) in [5, 5.41) is 4.64. The van der Waals surface area contributed by atoms with Gasteiger partial charge in [0.1, 0.15) is 0 Å². The van der Waals surface area contributed by atoms with Gasteiger partial charge in [-0.25, -0.2) is 4.68 Å². The van der Waals surface area contributed by atoms with Crippen molar-refractivity contribution in [1.29, 1.82) is 0 Å². The molecular weight excluding hydrogens is 288 g/mol. The van der Waals surface area contributed by atoms with Gasteiger partial charge in [0.05, 0.1) is 11.4 Å². The molecule has 124 valence electrons. The molecule has 0 amide bonds. The van der Waals surface area contributed by atoms with Crippen LogP contribution in [0.25, 0.3) is 5.69 Å². The Morgan fingerprint density at radius 3 is 2.43 bits per heavy atom. The van der Waals surface area contributed by atoms with Crippen LogP contribution in [0.2, 0.25) is 0 Å². The van der Waals surface area contributed by atoms with Crippen molar-refractivity contribution in [2.75, 3.05) is 0 Å². The average molecular weight is 314 g/mol. The molecule has 0 aliphatic rings. The fourth-order valence-electron chi connectivity index (χ4n) is 2.44. The van der Waals surface area contributed by atoms with Crippen LogP contribution in [0.15, 0.2) is 24.3 Å². The van der Waals surface area contributed by atoms with E-state index in [0.717, 1.165) is 16.9 Å². The van der Waals surface area contributed by atoms with Gasteiger partial charge in [0.15, 0.2) is 0 Å². The Morgan fingerprint density at radius 2 is 1.87 bits per heavy atom. The Kier molecular flexibility index (Phi) is 5.24. The summed E-state index contributed by atoms with van der Waals surface area (Å²) in [7, 11) is 0. The second-order valence-electron chi connectivity index (χ2n) is 6.84. The lowest BCUT2D eigenvalue weighted by Crippen LogP contribution is -2.13. The third-order valence-corrected chi connectivity index (χ3v) is 3.66. The highest BCUT2D eigenvalue weighted by Gasteiger charge is 2.18. The summed E-state index contributed by atoms with van der Waals surface area (Å²) < 4.78 is 7.33. The van der Waals surface area contributed by atoms with Gasteiger partial charge in [-0.1, -0.05) is 45.4 Å². The molecule has 0 radical (unpaired) electrons. The molecule has 0 unspecified atom stereocenters. The highest BCUT2D eigenvalue weighted by Crippen LogP contribution is 2.26. The first-order valence-corrected chi connectivity index (χ1v) is 8.16. The number of carbonyl (C=O) groups excluding carboxylic acids is 1. The summed E-state index contributed by atoms with van der Waals surface area (Å²) in [5.74, 6) is 0.807. The fraction of sp³-hybridized carbons (Fsp3) is 0.474. The molecule has 0 saturated carbocycles. The predicted molar refractivity (Wildman–Crippen MR) is 92.2 cm³/mol. The second kappa shape index (κ2) is 6.99. The Labute approximate surface area is 138 Å². The van der Waals surface area contributed by atoms with E-state index >= 15 is 0 Å². The number of hydrogen-bond acceptors (Lipinski definition) is 3. The molecule has 0 aliphatic carbocycles. The smallest absolute Gasteiger partial charge is 0.312 e. The van der Waals surface area contributed by atoms with Crippen molar-refractivity contribution in [3.8, 4) is 11.6 Å². The molecule has 0 aliphatic heterocycles. The van der Waals surface area contributed by atoms with Crippen molar-refractivity contribution in [2.45, 2.75) is 53.9 Å². The molecular formula is C19H26N2O2. The van der Waals surface area contributed by atoms with Crippen LogP contribution in [0, 0.1) is 19.8 Å². The molecule has 0 spiro atoms. The number of hydrogen-bond donors (Lipinski definition) is 0. The van der Waals surface area contributed by atoms with Crippen LogP contribution >= 0.6 is 0 Å². The maximum atomic E-state index is 12.1. The lowest BCUT2D eigenvalue weighted by molar-refractivity contribution is -0.135. The van der Waals surface area contributed by atoms with Crippen LogP contribution < -0.4 is 4.74 Å². The van der Waals surface area contributed by atoms with Crippen LogP contribution in [0.3, 0.4) is 0 Å². The standard InChI is InChI=1S/C19H26N2O2/c1-12(2)9-19(22)23-18-11-16(13(3)4)20-21(18)17-8-7-14(5)10-15(17)6/h7-8,10-13H,9H2,1-6H3. The van der Waals surface area contributed by atoms with Crippen molar-refractivity contribution in [3.05, 3.63) is 41.1 Å². The van der Waals surface area contributed by atoms with E-state index in [4.69, 9.17) is 4.74 Å². The van der Waals surface area contributed by atoms with Crippen molar-refractivity contribution in [2.24, 2.45) is 5.92 Å². The van der Waals surface area contributed by atoms with Crippen LogP contribution in [-0.2, 0) is 4.79 Å². The van der Waals surface area contributed by atoms with E-state index in [2.05, 4.69) is 31.9 Å². The molecule has 1 heterocycles. The van der Waals surface area contributed by atoms with Crippen LogP contribution in [-0.4, -0.2) is 15.7 Å². The fourth-order valence-corrected chi connectivity index (χ4v) is 2.44. The van der Waals surface area contributed by atoms with E-state index in [1.165, 1.54) is 5.56 Å². The van der Waals surface area contributed by atoms with Crippen molar-refractivity contribution < 1.29 is 9.53 Å². The zero-order chi connectivity index (χ0) is 17.1. The third-order valence-electron chi connectivity index (χ3n) is 3.66. The van der Waals surface area contributed by atoms with Gasteiger partial charge in [0, 0.05) is 12.5 Å². The van der Waals surface area contributed by atoms with Gasteiger partial charge in [0.25, 0.3) is 0 Å². The van der Waals surface area contributed by atoms with Crippen LogP contribution in [0.5, 0.6) is 5.88 Å². The minimum atomic E-state index is -0.221. The summed E-state index contributed by atoms with van der Waals surface area (Å²) in [6.07, 6.45) is 0.398. The molecule has 1 aromatic heterocycles. The van der Waals surface area contributed by atoms with E-state index in [0.29, 0.717) is 12.3 Å². The Hall–Kier alpha value is -2.10. The summed E-state index contributed by atoms with van der Waals surface area (Å²) in [6, 6.07) is 8.02. The number of aryl methyl sites for hydroxylation is 2. The summed E-state index contributed by atoms with van der Waals surface area (Å²) in [6.45, 7) is 12.3. The lowest BCUT2D eigenvalue weighted by Gasteiger charge is -2.11. The number of ether oxygens (including phenoxy) is 1. The largest absolute Gasteiger partial charge is 0.407 e. The Balaban J connectivity index is 2.43. The molecule has 4 heteroatoms. The van der Waals surface area contributed by atoms with Gasteiger partial charge in [0.2, 0.25) is 5.88 Å². The Morgan fingerprint density at radius 1 is 1.17 bits per heavy atom. The molecule has 2 aromatic rings. The SMILES string of the molecule is Cc1ccc(-n2nc(C(C)C)cc2OC(=O)CC(C)C)c(C)c1. The van der Waals surface area contributed by atoms with Gasteiger partial charge >= 0.3 is 5.97 Å². The first-order chi connectivity index (χ1) is 10.8. The maximum Gasteiger partial charge on any atom is 0.312 e. The van der Waals surface area contributed by atoms with Crippen molar-refractivity contribution >= 4 is 5.97 Å². The minimum Gasteiger partial charge on any atom is -0.407 e. The first-order valence-electron chi connectivity index (χ1n) is 8.16. The average Bonchev–Trinajstić information content (AvgIpc) is 2.81. The van der Waals surface area contributed by atoms with E-state index in [1.807, 2.05) is 39.0 Å². The molecule has 0 fully saturated rings. The van der Waals surface area contributed by atoms with E-state index in [1.54, 1.807) is 4.68 Å². The number of aromatic nitrogens is 2. The molecule has 0 atom stereocenters. The lowest BCUT2D eigenvalue weighted by atomic mass is 10.1. The second-order valence-corrected chi connectivity index (χ2v) is 6.84. The quantitative estimate of drug-likeness (QED) is 0.760. The minimum absolute atomic E-state index is 0.221. The van der Waals surface area contributed by atoms with E-state index in [9.17, 15) is 4.79 Å². The molecule has 0 bridgehead atoms. The van der Waals surface area contributed by atoms with Crippen molar-refractivity contribution in [1.82, 2.24) is 9.78 Å². The van der Waals surface area contributed by atoms with Gasteiger partial charge in [-0.15, -0.1) is 0 Å². The van der Waals surface area contributed by atoms with Crippen LogP contribution in [0.4, 0.5) is 0 Å². The van der Waals surface area contributed by atoms with Gasteiger partial charge in [-0.2, -0.15) is 5.10 Å². The highest BCUT2D eigenvalue weighted by molar-refractivity contribution is 5.72. The Bertz CT molecular complexity index is 699. The molecule has 4 nitrogen and oxygen atoms in total. The molecule has 0 saturated heterocycles. The molecule has 1 aromatic carbocycles. The highest BCUT2D eigenvalue weighted by atomic mass is 16.5. The summed E-state index contributed by atoms with van der Waals surface area (Å²) in [5.41, 5.74) is 4.15. The normalized spacial score (nSPS) is 11.3. The summed E-state index contributed by atoms with van der Waals surface area (Å²) in [4.78, 5) is 12.1. The molecule has 2 rings (SSSR count).